The minimum absolute atomic E-state index is 0.256. The van der Waals surface area contributed by atoms with Gasteiger partial charge in [-0.25, -0.2) is 9.97 Å². The van der Waals surface area contributed by atoms with Gasteiger partial charge in [0.15, 0.2) is 0 Å². The first-order chi connectivity index (χ1) is 8.74. The lowest BCUT2D eigenvalue weighted by Gasteiger charge is -2.13. The van der Waals surface area contributed by atoms with Crippen molar-refractivity contribution in [2.45, 2.75) is 32.0 Å². The van der Waals surface area contributed by atoms with Gasteiger partial charge in [-0.1, -0.05) is 0 Å². The molecule has 1 aromatic rings. The Morgan fingerprint density at radius 3 is 2.94 bits per heavy atom. The fourth-order valence-corrected chi connectivity index (χ4v) is 2.53. The van der Waals surface area contributed by atoms with Gasteiger partial charge < -0.3 is 14.8 Å². The van der Waals surface area contributed by atoms with E-state index in [2.05, 4.69) is 31.2 Å². The van der Waals surface area contributed by atoms with Crippen LogP contribution in [0.5, 0.6) is 0 Å². The van der Waals surface area contributed by atoms with E-state index in [-0.39, 0.29) is 6.10 Å². The molecule has 0 radical (unpaired) electrons. The maximum absolute atomic E-state index is 5.62. The molecule has 1 atom stereocenters. The molecule has 6 heteroatoms. The summed E-state index contributed by atoms with van der Waals surface area (Å²) in [7, 11) is 3.51. The van der Waals surface area contributed by atoms with Crippen molar-refractivity contribution in [2.75, 3.05) is 26.1 Å². The van der Waals surface area contributed by atoms with E-state index in [0.717, 1.165) is 47.7 Å². The first-order valence-corrected chi connectivity index (χ1v) is 6.87. The molecule has 100 valence electrons. The van der Waals surface area contributed by atoms with Crippen molar-refractivity contribution in [2.24, 2.45) is 0 Å². The maximum Gasteiger partial charge on any atom is 0.144 e. The highest BCUT2D eigenvalue weighted by atomic mass is 79.9. The summed E-state index contributed by atoms with van der Waals surface area (Å²) in [4.78, 5) is 9.02. The number of rotatable bonds is 5. The lowest BCUT2D eigenvalue weighted by molar-refractivity contribution is 0.109. The lowest BCUT2D eigenvalue weighted by atomic mass is 10.2. The van der Waals surface area contributed by atoms with E-state index < -0.39 is 0 Å². The number of nitrogens with one attached hydrogen (secondary N) is 1. The Bertz CT molecular complexity index is 409. The molecule has 1 saturated heterocycles. The fourth-order valence-electron chi connectivity index (χ4n) is 2.04. The van der Waals surface area contributed by atoms with Crippen molar-refractivity contribution in [3.63, 3.8) is 0 Å². The lowest BCUT2D eigenvalue weighted by Crippen LogP contribution is -2.14. The van der Waals surface area contributed by atoms with E-state index in [1.54, 1.807) is 7.11 Å². The molecular weight excluding hydrogens is 298 g/mol. The third-order valence-corrected chi connectivity index (χ3v) is 3.75. The van der Waals surface area contributed by atoms with Crippen molar-refractivity contribution in [3.8, 4) is 0 Å². The molecule has 1 N–H and O–H groups in total. The van der Waals surface area contributed by atoms with Crippen LogP contribution in [0, 0.1) is 0 Å². The second kappa shape index (κ2) is 6.45. The molecule has 0 saturated carbocycles. The summed E-state index contributed by atoms with van der Waals surface area (Å²) >= 11 is 3.49. The van der Waals surface area contributed by atoms with Crippen molar-refractivity contribution in [1.82, 2.24) is 9.97 Å². The van der Waals surface area contributed by atoms with Crippen molar-refractivity contribution in [3.05, 3.63) is 16.0 Å². The molecule has 0 amide bonds. The quantitative estimate of drug-likeness (QED) is 0.902. The second-order valence-electron chi connectivity index (χ2n) is 4.27. The van der Waals surface area contributed by atoms with Gasteiger partial charge in [0.2, 0.25) is 0 Å². The minimum atomic E-state index is 0.256. The summed E-state index contributed by atoms with van der Waals surface area (Å²) in [5.41, 5.74) is 0.866. The van der Waals surface area contributed by atoms with Gasteiger partial charge in [0.05, 0.1) is 22.9 Å². The molecule has 2 rings (SSSR count). The van der Waals surface area contributed by atoms with Crippen molar-refractivity contribution >= 4 is 21.7 Å². The largest absolute Gasteiger partial charge is 0.378 e. The Morgan fingerprint density at radius 2 is 2.33 bits per heavy atom. The Morgan fingerprint density at radius 1 is 1.50 bits per heavy atom. The first-order valence-electron chi connectivity index (χ1n) is 6.08. The van der Waals surface area contributed by atoms with Gasteiger partial charge in [0, 0.05) is 27.2 Å². The van der Waals surface area contributed by atoms with Gasteiger partial charge in [-0.15, -0.1) is 0 Å². The highest BCUT2D eigenvalue weighted by Crippen LogP contribution is 2.25. The molecule has 1 aromatic heterocycles. The van der Waals surface area contributed by atoms with Gasteiger partial charge in [-0.3, -0.25) is 0 Å². The van der Waals surface area contributed by atoms with E-state index in [1.165, 1.54) is 0 Å². The third kappa shape index (κ3) is 3.18. The summed E-state index contributed by atoms with van der Waals surface area (Å²) in [5.74, 6) is 1.60. The molecule has 1 aliphatic rings. The molecule has 1 unspecified atom stereocenters. The maximum atomic E-state index is 5.62. The summed E-state index contributed by atoms with van der Waals surface area (Å²) in [6, 6.07) is 0. The van der Waals surface area contributed by atoms with E-state index in [1.807, 2.05) is 7.05 Å². The summed E-state index contributed by atoms with van der Waals surface area (Å²) in [5, 5.41) is 3.06. The van der Waals surface area contributed by atoms with Crippen molar-refractivity contribution < 1.29 is 9.47 Å². The van der Waals surface area contributed by atoms with Crippen LogP contribution in [-0.2, 0) is 22.5 Å². The first kappa shape index (κ1) is 13.7. The van der Waals surface area contributed by atoms with Crippen LogP contribution in [-0.4, -0.2) is 36.8 Å². The monoisotopic (exact) mass is 315 g/mol. The Kier molecular flexibility index (Phi) is 4.91. The SMILES string of the molecule is CNc1nc(CC2CCCO2)nc(COC)c1Br. The van der Waals surface area contributed by atoms with E-state index in [9.17, 15) is 0 Å². The topological polar surface area (TPSA) is 56.3 Å². The van der Waals surface area contributed by atoms with Crippen LogP contribution in [0.3, 0.4) is 0 Å². The average Bonchev–Trinajstić information content (AvgIpc) is 2.86. The minimum Gasteiger partial charge on any atom is -0.378 e. The molecule has 0 bridgehead atoms. The standard InChI is InChI=1S/C12H18BrN3O2/c1-14-12-11(13)9(7-17-2)15-10(16-12)6-8-4-3-5-18-8/h8H,3-7H2,1-2H3,(H,14,15,16). The number of ether oxygens (including phenoxy) is 2. The Labute approximate surface area is 115 Å². The molecule has 1 aliphatic heterocycles. The van der Waals surface area contributed by atoms with E-state index in [0.29, 0.717) is 6.61 Å². The molecule has 1 fully saturated rings. The third-order valence-electron chi connectivity index (χ3n) is 2.92. The molecule has 2 heterocycles. The molecule has 5 nitrogen and oxygen atoms in total. The van der Waals surface area contributed by atoms with E-state index >= 15 is 0 Å². The zero-order valence-electron chi connectivity index (χ0n) is 10.7. The normalized spacial score (nSPS) is 19.2. The second-order valence-corrected chi connectivity index (χ2v) is 5.06. The summed E-state index contributed by atoms with van der Waals surface area (Å²) in [6.07, 6.45) is 3.24. The van der Waals surface area contributed by atoms with Gasteiger partial charge in [-0.05, 0) is 28.8 Å². The molecule has 0 aliphatic carbocycles. The number of hydrogen-bond acceptors (Lipinski definition) is 5. The Balaban J connectivity index is 2.20. The Hall–Kier alpha value is -0.720. The molecule has 0 spiro atoms. The number of methoxy groups -OCH3 is 1. The summed E-state index contributed by atoms with van der Waals surface area (Å²) < 4.78 is 11.6. The van der Waals surface area contributed by atoms with Gasteiger partial charge in [-0.2, -0.15) is 0 Å². The van der Waals surface area contributed by atoms with Crippen LogP contribution >= 0.6 is 15.9 Å². The van der Waals surface area contributed by atoms with Crippen LogP contribution in [0.4, 0.5) is 5.82 Å². The number of halogens is 1. The zero-order valence-corrected chi connectivity index (χ0v) is 12.3. The van der Waals surface area contributed by atoms with Crippen LogP contribution < -0.4 is 5.32 Å². The van der Waals surface area contributed by atoms with Crippen LogP contribution in [0.15, 0.2) is 4.47 Å². The van der Waals surface area contributed by atoms with Crippen LogP contribution in [0.25, 0.3) is 0 Å². The highest BCUT2D eigenvalue weighted by molar-refractivity contribution is 9.10. The summed E-state index contributed by atoms with van der Waals surface area (Å²) in [6.45, 7) is 1.32. The smallest absolute Gasteiger partial charge is 0.144 e. The molecule has 18 heavy (non-hydrogen) atoms. The van der Waals surface area contributed by atoms with Gasteiger partial charge in [0.25, 0.3) is 0 Å². The van der Waals surface area contributed by atoms with Gasteiger partial charge >= 0.3 is 0 Å². The fraction of sp³-hybridized carbons (Fsp3) is 0.667. The van der Waals surface area contributed by atoms with Crippen molar-refractivity contribution in [1.29, 1.82) is 0 Å². The van der Waals surface area contributed by atoms with E-state index in [4.69, 9.17) is 9.47 Å². The highest BCUT2D eigenvalue weighted by Gasteiger charge is 2.19. The molecular formula is C12H18BrN3O2. The van der Waals surface area contributed by atoms with Crippen LogP contribution in [0.2, 0.25) is 0 Å². The number of nitrogens with zero attached hydrogens (tertiary/aromatic N) is 2. The average molecular weight is 316 g/mol. The molecule has 0 aromatic carbocycles. The predicted octanol–water partition coefficient (Wildman–Crippen LogP) is 2.15. The zero-order chi connectivity index (χ0) is 13.0. The number of aromatic nitrogens is 2. The predicted molar refractivity (Wildman–Crippen MR) is 72.7 cm³/mol. The van der Waals surface area contributed by atoms with Gasteiger partial charge in [0.1, 0.15) is 11.6 Å². The number of anilines is 1. The van der Waals surface area contributed by atoms with Crippen LogP contribution in [0.1, 0.15) is 24.4 Å². The number of hydrogen-bond donors (Lipinski definition) is 1.